The van der Waals surface area contributed by atoms with E-state index in [1.165, 1.54) is 27.1 Å². The minimum atomic E-state index is 0.906. The molecule has 0 saturated heterocycles. The van der Waals surface area contributed by atoms with E-state index in [1.807, 2.05) is 29.8 Å². The fraction of sp³-hybridized carbons (Fsp3) is 0.188. The van der Waals surface area contributed by atoms with E-state index in [2.05, 4.69) is 42.5 Å². The Morgan fingerprint density at radius 1 is 1.00 bits per heavy atom. The maximum Gasteiger partial charge on any atom is 0.147 e. The Balaban J connectivity index is 1.66. The lowest BCUT2D eigenvalue weighted by atomic mass is 10.1. The van der Waals surface area contributed by atoms with Gasteiger partial charge in [0, 0.05) is 19.0 Å². The Hall–Kier alpha value is -0.270. The highest BCUT2D eigenvalue weighted by molar-refractivity contribution is 9.27. The zero-order valence-electron chi connectivity index (χ0n) is 12.2. The van der Waals surface area contributed by atoms with Crippen molar-refractivity contribution in [2.24, 2.45) is 0 Å². The summed E-state index contributed by atoms with van der Waals surface area (Å²) in [5.41, 5.74) is 5.68. The zero-order valence-corrected chi connectivity index (χ0v) is 16.3. The summed E-state index contributed by atoms with van der Waals surface area (Å²) in [7, 11) is 10.9. The summed E-state index contributed by atoms with van der Waals surface area (Å²) in [6, 6.07) is 15.3. The number of hydrogen-bond donors (Lipinski definition) is 0. The van der Waals surface area contributed by atoms with Gasteiger partial charge in [-0.05, 0) is 76.0 Å². The molecule has 0 atom stereocenters. The summed E-state index contributed by atoms with van der Waals surface area (Å²) < 4.78 is 0.906. The molecule has 114 valence electrons. The van der Waals surface area contributed by atoms with Gasteiger partial charge in [0.15, 0.2) is 0 Å². The van der Waals surface area contributed by atoms with E-state index in [-0.39, 0.29) is 0 Å². The van der Waals surface area contributed by atoms with Gasteiger partial charge in [0.1, 0.15) is 4.32 Å². The van der Waals surface area contributed by atoms with E-state index < -0.39 is 0 Å². The van der Waals surface area contributed by atoms with Crippen molar-refractivity contribution < 1.29 is 0 Å². The third-order valence-corrected chi connectivity index (χ3v) is 10.4. The van der Waals surface area contributed by atoms with Gasteiger partial charge in [-0.15, -0.1) is 0 Å². The second-order valence-electron chi connectivity index (χ2n) is 5.08. The molecule has 0 aliphatic heterocycles. The van der Waals surface area contributed by atoms with E-state index in [0.29, 0.717) is 0 Å². The third-order valence-electron chi connectivity index (χ3n) is 3.43. The van der Waals surface area contributed by atoms with E-state index in [4.69, 9.17) is 12.2 Å². The van der Waals surface area contributed by atoms with E-state index in [0.717, 1.165) is 10.7 Å². The molecule has 0 spiro atoms. The normalized spacial score (nSPS) is 11.9. The number of fused-ring (bicyclic) bond motifs is 3. The van der Waals surface area contributed by atoms with Gasteiger partial charge in [-0.1, -0.05) is 48.6 Å². The summed E-state index contributed by atoms with van der Waals surface area (Å²) in [6.45, 7) is 0. The van der Waals surface area contributed by atoms with Gasteiger partial charge >= 0.3 is 0 Å². The molecule has 0 amide bonds. The molecule has 2 aromatic carbocycles. The van der Waals surface area contributed by atoms with E-state index >= 15 is 0 Å². The van der Waals surface area contributed by atoms with Crippen LogP contribution >= 0.6 is 53.5 Å². The molecule has 22 heavy (non-hydrogen) atoms. The van der Waals surface area contributed by atoms with Crippen LogP contribution in [0.2, 0.25) is 0 Å². The molecule has 0 unspecified atom stereocenters. The van der Waals surface area contributed by atoms with Crippen LogP contribution in [0.3, 0.4) is 0 Å². The summed E-state index contributed by atoms with van der Waals surface area (Å²) in [5.74, 6) is 0. The van der Waals surface area contributed by atoms with Crippen LogP contribution in [-0.2, 0) is 6.42 Å². The maximum atomic E-state index is 5.28. The average Bonchev–Trinajstić information content (AvgIpc) is 2.90. The van der Waals surface area contributed by atoms with E-state index in [1.54, 1.807) is 30.4 Å². The van der Waals surface area contributed by atoms with Gasteiger partial charge in [0.25, 0.3) is 0 Å². The monoisotopic (exact) mass is 381 g/mol. The molecule has 2 aromatic rings. The Bertz CT molecular complexity index is 699. The lowest BCUT2D eigenvalue weighted by Crippen LogP contribution is -2.14. The summed E-state index contributed by atoms with van der Waals surface area (Å²) in [6.07, 6.45) is 1.04. The highest BCUT2D eigenvalue weighted by Gasteiger charge is 2.20. The van der Waals surface area contributed by atoms with Crippen molar-refractivity contribution in [3.05, 3.63) is 53.6 Å². The Kier molecular flexibility index (Phi) is 5.68. The number of rotatable bonds is 4. The summed E-state index contributed by atoms with van der Waals surface area (Å²) in [5, 5.41) is 0. The van der Waals surface area contributed by atoms with Gasteiger partial charge in [-0.2, -0.15) is 0 Å². The Morgan fingerprint density at radius 3 is 2.59 bits per heavy atom. The number of thiocarbonyl (C=S) groups is 1. The molecule has 0 aromatic heterocycles. The fourth-order valence-electron chi connectivity index (χ4n) is 2.37. The molecule has 0 saturated carbocycles. The average molecular weight is 382 g/mol. The maximum absolute atomic E-state index is 5.28. The van der Waals surface area contributed by atoms with Crippen molar-refractivity contribution >= 4 is 57.8 Å². The second-order valence-corrected chi connectivity index (χ2v) is 11.4. The predicted molar refractivity (Wildman–Crippen MR) is 110 cm³/mol. The molecule has 0 heterocycles. The highest BCUT2D eigenvalue weighted by Crippen LogP contribution is 2.50. The van der Waals surface area contributed by atoms with Crippen LogP contribution in [-0.4, -0.2) is 23.3 Å². The van der Waals surface area contributed by atoms with Gasteiger partial charge < -0.3 is 4.90 Å². The topological polar surface area (TPSA) is 3.24 Å². The van der Waals surface area contributed by atoms with Crippen molar-refractivity contribution in [3.63, 3.8) is 0 Å². The molecule has 3 rings (SSSR count). The van der Waals surface area contributed by atoms with Crippen molar-refractivity contribution in [2.75, 3.05) is 14.1 Å². The molecule has 0 bridgehead atoms. The standard InChI is InChI=1S/C16H15NS5/c1-17(2)16(18)20-22-21-19-15-9-5-8-13-12-7-4-3-6-11(12)10-14(13)15/h3-9H,10H2,1-2H3. The van der Waals surface area contributed by atoms with Crippen molar-refractivity contribution in [1.29, 1.82) is 0 Å². The first-order valence-electron chi connectivity index (χ1n) is 6.76. The van der Waals surface area contributed by atoms with Crippen LogP contribution in [0, 0.1) is 0 Å². The first kappa shape index (κ1) is 16.6. The number of benzene rings is 2. The van der Waals surface area contributed by atoms with Crippen LogP contribution < -0.4 is 0 Å². The van der Waals surface area contributed by atoms with Crippen LogP contribution in [0.5, 0.6) is 0 Å². The smallest absolute Gasteiger partial charge is 0.147 e. The predicted octanol–water partition coefficient (Wildman–Crippen LogP) is 6.14. The molecule has 1 aliphatic carbocycles. The molecule has 0 N–H and O–H groups in total. The Labute approximate surface area is 152 Å². The van der Waals surface area contributed by atoms with Crippen molar-refractivity contribution in [1.82, 2.24) is 4.90 Å². The zero-order chi connectivity index (χ0) is 15.5. The summed E-state index contributed by atoms with van der Waals surface area (Å²) in [4.78, 5) is 3.33. The highest BCUT2D eigenvalue weighted by atomic mass is 33.7. The Morgan fingerprint density at radius 2 is 1.77 bits per heavy atom. The van der Waals surface area contributed by atoms with Gasteiger partial charge in [-0.3, -0.25) is 0 Å². The van der Waals surface area contributed by atoms with Gasteiger partial charge in [0.05, 0.1) is 0 Å². The molecule has 1 nitrogen and oxygen atoms in total. The molecule has 6 heteroatoms. The third kappa shape index (κ3) is 3.62. The van der Waals surface area contributed by atoms with Crippen LogP contribution in [0.4, 0.5) is 0 Å². The van der Waals surface area contributed by atoms with Crippen LogP contribution in [0.15, 0.2) is 47.4 Å². The lowest BCUT2D eigenvalue weighted by Gasteiger charge is -2.11. The second kappa shape index (κ2) is 7.53. The van der Waals surface area contributed by atoms with Crippen LogP contribution in [0.25, 0.3) is 11.1 Å². The van der Waals surface area contributed by atoms with E-state index in [9.17, 15) is 0 Å². The quantitative estimate of drug-likeness (QED) is 0.301. The van der Waals surface area contributed by atoms with Crippen molar-refractivity contribution in [3.8, 4) is 11.1 Å². The molecule has 0 fully saturated rings. The van der Waals surface area contributed by atoms with Gasteiger partial charge in [0.2, 0.25) is 0 Å². The van der Waals surface area contributed by atoms with Crippen LogP contribution in [0.1, 0.15) is 11.1 Å². The number of hydrogen-bond acceptors (Lipinski definition) is 5. The number of nitrogens with zero attached hydrogens (tertiary/aromatic N) is 1. The van der Waals surface area contributed by atoms with Gasteiger partial charge in [-0.25, -0.2) is 0 Å². The minimum absolute atomic E-state index is 0.906. The lowest BCUT2D eigenvalue weighted by molar-refractivity contribution is 0.648. The summed E-state index contributed by atoms with van der Waals surface area (Å²) >= 11 is 5.28. The first-order valence-corrected chi connectivity index (χ1v) is 12.0. The molecule has 1 aliphatic rings. The minimum Gasteiger partial charge on any atom is -0.363 e. The molecule has 0 radical (unpaired) electrons. The molecular weight excluding hydrogens is 367 g/mol. The molecular formula is C16H15NS5. The fourth-order valence-corrected chi connectivity index (χ4v) is 8.54. The van der Waals surface area contributed by atoms with Crippen molar-refractivity contribution in [2.45, 2.75) is 11.3 Å². The SMILES string of the molecule is CN(C)C(=S)SSSSc1cccc2c1Cc1ccccc1-2. The first-order chi connectivity index (χ1) is 10.7. The largest absolute Gasteiger partial charge is 0.363 e.